The van der Waals surface area contributed by atoms with Crippen LogP contribution in [0.2, 0.25) is 0 Å². The third-order valence-corrected chi connectivity index (χ3v) is 4.69. The minimum absolute atomic E-state index is 0.285. The Bertz CT molecular complexity index is 432. The molecule has 1 unspecified atom stereocenters. The van der Waals surface area contributed by atoms with Gasteiger partial charge in [-0.25, -0.2) is 4.98 Å². The summed E-state index contributed by atoms with van der Waals surface area (Å²) in [5.41, 5.74) is 1.57. The summed E-state index contributed by atoms with van der Waals surface area (Å²) in [7, 11) is 2.16. The Morgan fingerprint density at radius 3 is 2.33 bits per heavy atom. The van der Waals surface area contributed by atoms with E-state index in [0.717, 1.165) is 24.6 Å². The van der Waals surface area contributed by atoms with E-state index in [2.05, 4.69) is 65.7 Å². The fraction of sp³-hybridized carbons (Fsp3) is 0.824. The molecule has 0 radical (unpaired) electrons. The standard InChI is InChI=1S/C17H33N3S/c1-9-13(4)15-14(10-18-12(2)3)21-16(19-15)20(8)11-17(5,6)7/h12-13,18H,9-11H2,1-8H3. The van der Waals surface area contributed by atoms with Gasteiger partial charge >= 0.3 is 0 Å². The van der Waals surface area contributed by atoms with E-state index in [4.69, 9.17) is 4.98 Å². The van der Waals surface area contributed by atoms with E-state index in [1.54, 1.807) is 0 Å². The van der Waals surface area contributed by atoms with Crippen LogP contribution in [0, 0.1) is 5.41 Å². The molecule has 1 aromatic heterocycles. The molecular formula is C17H33N3S. The maximum atomic E-state index is 4.95. The molecule has 0 fully saturated rings. The molecule has 0 amide bonds. The Hall–Kier alpha value is -0.610. The maximum absolute atomic E-state index is 4.95. The zero-order valence-corrected chi connectivity index (χ0v) is 15.9. The minimum atomic E-state index is 0.285. The van der Waals surface area contributed by atoms with Gasteiger partial charge in [-0.15, -0.1) is 11.3 Å². The lowest BCUT2D eigenvalue weighted by Crippen LogP contribution is -2.28. The molecule has 0 aliphatic rings. The summed E-state index contributed by atoms with van der Waals surface area (Å²) in [6.45, 7) is 17.7. The van der Waals surface area contributed by atoms with Gasteiger partial charge in [0.1, 0.15) is 0 Å². The van der Waals surface area contributed by atoms with Gasteiger partial charge in [0.15, 0.2) is 5.13 Å². The molecule has 0 aliphatic carbocycles. The van der Waals surface area contributed by atoms with Crippen molar-refractivity contribution in [3.8, 4) is 0 Å². The van der Waals surface area contributed by atoms with Gasteiger partial charge in [-0.2, -0.15) is 0 Å². The highest BCUT2D eigenvalue weighted by molar-refractivity contribution is 7.15. The molecular weight excluding hydrogens is 278 g/mol. The number of hydrogen-bond acceptors (Lipinski definition) is 4. The normalized spacial score (nSPS) is 13.8. The molecule has 0 aromatic carbocycles. The molecule has 0 saturated heterocycles. The minimum Gasteiger partial charge on any atom is -0.351 e. The SMILES string of the molecule is CCC(C)c1nc(N(C)CC(C)(C)C)sc1CNC(C)C. The monoisotopic (exact) mass is 311 g/mol. The van der Waals surface area contributed by atoms with E-state index in [9.17, 15) is 0 Å². The van der Waals surface area contributed by atoms with E-state index >= 15 is 0 Å². The summed E-state index contributed by atoms with van der Waals surface area (Å²) >= 11 is 1.85. The molecule has 0 saturated carbocycles. The first-order chi connectivity index (χ1) is 9.64. The average Bonchev–Trinajstić information content (AvgIpc) is 2.77. The zero-order valence-electron chi connectivity index (χ0n) is 15.1. The van der Waals surface area contributed by atoms with Crippen LogP contribution >= 0.6 is 11.3 Å². The number of nitrogens with one attached hydrogen (secondary N) is 1. The number of hydrogen-bond donors (Lipinski definition) is 1. The summed E-state index contributed by atoms with van der Waals surface area (Å²) < 4.78 is 0. The van der Waals surface area contributed by atoms with Crippen LogP contribution < -0.4 is 10.2 Å². The van der Waals surface area contributed by atoms with Crippen molar-refractivity contribution in [3.05, 3.63) is 10.6 Å². The molecule has 1 N–H and O–H groups in total. The van der Waals surface area contributed by atoms with Crippen molar-refractivity contribution in [1.29, 1.82) is 0 Å². The first-order valence-electron chi connectivity index (χ1n) is 8.08. The van der Waals surface area contributed by atoms with E-state index in [0.29, 0.717) is 12.0 Å². The lowest BCUT2D eigenvalue weighted by Gasteiger charge is -2.26. The topological polar surface area (TPSA) is 28.2 Å². The Labute approximate surface area is 135 Å². The second-order valence-corrected chi connectivity index (χ2v) is 8.63. The van der Waals surface area contributed by atoms with Crippen LogP contribution in [0.3, 0.4) is 0 Å². The van der Waals surface area contributed by atoms with Crippen molar-refractivity contribution in [2.75, 3.05) is 18.5 Å². The molecule has 122 valence electrons. The van der Waals surface area contributed by atoms with Gasteiger partial charge < -0.3 is 10.2 Å². The van der Waals surface area contributed by atoms with Crippen LogP contribution in [-0.4, -0.2) is 24.6 Å². The van der Waals surface area contributed by atoms with Crippen molar-refractivity contribution in [2.45, 2.75) is 73.4 Å². The van der Waals surface area contributed by atoms with Gasteiger partial charge in [0.05, 0.1) is 5.69 Å². The Morgan fingerprint density at radius 1 is 1.24 bits per heavy atom. The van der Waals surface area contributed by atoms with E-state index < -0.39 is 0 Å². The summed E-state index contributed by atoms with van der Waals surface area (Å²) in [5.74, 6) is 0.530. The van der Waals surface area contributed by atoms with Gasteiger partial charge in [0.2, 0.25) is 0 Å². The predicted molar refractivity (Wildman–Crippen MR) is 95.5 cm³/mol. The number of aromatic nitrogens is 1. The third-order valence-electron chi connectivity index (χ3n) is 3.50. The van der Waals surface area contributed by atoms with Gasteiger partial charge in [-0.05, 0) is 17.8 Å². The molecule has 1 rings (SSSR count). The van der Waals surface area contributed by atoms with Crippen molar-refractivity contribution in [3.63, 3.8) is 0 Å². The molecule has 1 heterocycles. The molecule has 21 heavy (non-hydrogen) atoms. The van der Waals surface area contributed by atoms with E-state index in [1.807, 2.05) is 11.3 Å². The highest BCUT2D eigenvalue weighted by atomic mass is 32.1. The molecule has 3 nitrogen and oxygen atoms in total. The quantitative estimate of drug-likeness (QED) is 0.795. The molecule has 1 aromatic rings. The van der Waals surface area contributed by atoms with Crippen LogP contribution in [0.1, 0.15) is 71.4 Å². The van der Waals surface area contributed by atoms with Gasteiger partial charge in [-0.1, -0.05) is 48.5 Å². The molecule has 1 atom stereocenters. The number of rotatable bonds is 7. The first kappa shape index (κ1) is 18.4. The van der Waals surface area contributed by atoms with E-state index in [-0.39, 0.29) is 5.41 Å². The Kier molecular flexibility index (Phi) is 6.67. The number of nitrogens with zero attached hydrogens (tertiary/aromatic N) is 2. The smallest absolute Gasteiger partial charge is 0.185 e. The van der Waals surface area contributed by atoms with Crippen molar-refractivity contribution >= 4 is 16.5 Å². The fourth-order valence-electron chi connectivity index (χ4n) is 2.29. The van der Waals surface area contributed by atoms with Crippen LogP contribution in [0.25, 0.3) is 0 Å². The lowest BCUT2D eigenvalue weighted by molar-refractivity contribution is 0.418. The van der Waals surface area contributed by atoms with Crippen molar-refractivity contribution in [2.24, 2.45) is 5.41 Å². The van der Waals surface area contributed by atoms with Gasteiger partial charge in [0.25, 0.3) is 0 Å². The highest BCUT2D eigenvalue weighted by Gasteiger charge is 2.20. The Balaban J connectivity index is 2.96. The fourth-order valence-corrected chi connectivity index (χ4v) is 3.39. The second kappa shape index (κ2) is 7.59. The van der Waals surface area contributed by atoms with Crippen LogP contribution in [0.15, 0.2) is 0 Å². The summed E-state index contributed by atoms with van der Waals surface area (Å²) in [6, 6.07) is 0.507. The average molecular weight is 312 g/mol. The summed E-state index contributed by atoms with van der Waals surface area (Å²) in [5, 5.41) is 4.69. The van der Waals surface area contributed by atoms with Gasteiger partial charge in [0, 0.05) is 31.1 Å². The maximum Gasteiger partial charge on any atom is 0.185 e. The van der Waals surface area contributed by atoms with Crippen LogP contribution in [0.5, 0.6) is 0 Å². The van der Waals surface area contributed by atoms with E-state index in [1.165, 1.54) is 10.6 Å². The summed E-state index contributed by atoms with van der Waals surface area (Å²) in [6.07, 6.45) is 1.14. The zero-order chi connectivity index (χ0) is 16.2. The number of anilines is 1. The largest absolute Gasteiger partial charge is 0.351 e. The molecule has 0 aliphatic heterocycles. The predicted octanol–water partition coefficient (Wildman–Crippen LogP) is 4.64. The van der Waals surface area contributed by atoms with Crippen LogP contribution in [0.4, 0.5) is 5.13 Å². The van der Waals surface area contributed by atoms with Gasteiger partial charge in [-0.3, -0.25) is 0 Å². The second-order valence-electron chi connectivity index (χ2n) is 7.57. The molecule has 4 heteroatoms. The Morgan fingerprint density at radius 2 is 1.86 bits per heavy atom. The first-order valence-corrected chi connectivity index (χ1v) is 8.89. The summed E-state index contributed by atoms with van der Waals surface area (Å²) in [4.78, 5) is 8.65. The number of thiazole rings is 1. The molecule has 0 spiro atoms. The van der Waals surface area contributed by atoms with Crippen molar-refractivity contribution in [1.82, 2.24) is 10.3 Å². The lowest BCUT2D eigenvalue weighted by atomic mass is 9.96. The highest BCUT2D eigenvalue weighted by Crippen LogP contribution is 2.33. The third kappa shape index (κ3) is 5.95. The van der Waals surface area contributed by atoms with Crippen LogP contribution in [-0.2, 0) is 6.54 Å². The van der Waals surface area contributed by atoms with Crippen molar-refractivity contribution < 1.29 is 0 Å². The molecule has 0 bridgehead atoms.